The molecule has 0 heterocycles. The predicted octanol–water partition coefficient (Wildman–Crippen LogP) is -2.83. The molecule has 20 heteroatoms. The molecule has 0 aromatic rings. The normalized spacial score (nSPS) is 14.5. The Bertz CT molecular complexity index is 1290. The Morgan fingerprint density at radius 1 is 0.566 bits per heavy atom. The van der Waals surface area contributed by atoms with Gasteiger partial charge in [0.05, 0.1) is 13.0 Å². The van der Waals surface area contributed by atoms with Crippen molar-refractivity contribution in [3.05, 3.63) is 0 Å². The SMILES string of the molecule is CC(C)C[C@H](NC(=O)[C@H](CCCCN)NC(=O)CN)C(=O)N[C@@H](CCC(N)=O)C(=O)N[C@@H](CC(=O)O)C(=O)N[C@H](C(=O)N[C@H](C(=O)O)C(C)C)C(C)C. The summed E-state index contributed by atoms with van der Waals surface area (Å²) in [6.07, 6.45) is -0.457. The molecule has 0 radical (unpaired) electrons. The fraction of sp³-hybridized carbons (Fsp3) is 0.727. The molecule has 14 N–H and O–H groups in total. The van der Waals surface area contributed by atoms with Crippen LogP contribution in [0.1, 0.15) is 86.5 Å². The summed E-state index contributed by atoms with van der Waals surface area (Å²) in [5, 5.41) is 33.5. The van der Waals surface area contributed by atoms with E-state index in [2.05, 4.69) is 31.9 Å². The largest absolute Gasteiger partial charge is 0.481 e. The maximum atomic E-state index is 13.6. The van der Waals surface area contributed by atoms with Gasteiger partial charge in [-0.2, -0.15) is 0 Å². The van der Waals surface area contributed by atoms with Crippen molar-refractivity contribution in [2.75, 3.05) is 13.1 Å². The Balaban J connectivity index is 6.31. The summed E-state index contributed by atoms with van der Waals surface area (Å²) in [7, 11) is 0. The van der Waals surface area contributed by atoms with Crippen LogP contribution in [0.15, 0.2) is 0 Å². The fourth-order valence-electron chi connectivity index (χ4n) is 5.02. The van der Waals surface area contributed by atoms with Crippen molar-refractivity contribution in [1.29, 1.82) is 0 Å². The first kappa shape index (κ1) is 48.1. The topological polar surface area (TPSA) is 344 Å². The molecular formula is C33H59N9O11. The number of hydrogen-bond acceptors (Lipinski definition) is 11. The van der Waals surface area contributed by atoms with Gasteiger partial charge in [-0.25, -0.2) is 4.79 Å². The number of carbonyl (C=O) groups excluding carboxylic acids is 7. The maximum Gasteiger partial charge on any atom is 0.326 e. The van der Waals surface area contributed by atoms with Gasteiger partial charge in [-0.05, 0) is 56.4 Å². The van der Waals surface area contributed by atoms with Crippen LogP contribution >= 0.6 is 0 Å². The van der Waals surface area contributed by atoms with Crippen LogP contribution in [-0.4, -0.2) is 113 Å². The van der Waals surface area contributed by atoms with Gasteiger partial charge in [0.2, 0.25) is 41.4 Å². The summed E-state index contributed by atoms with van der Waals surface area (Å²) in [6.45, 7) is 9.73. The zero-order valence-electron chi connectivity index (χ0n) is 31.4. The van der Waals surface area contributed by atoms with Crippen molar-refractivity contribution in [3.8, 4) is 0 Å². The first-order valence-corrected chi connectivity index (χ1v) is 17.6. The van der Waals surface area contributed by atoms with E-state index in [4.69, 9.17) is 17.2 Å². The molecule has 0 spiro atoms. The minimum atomic E-state index is -1.80. The van der Waals surface area contributed by atoms with Crippen molar-refractivity contribution in [3.63, 3.8) is 0 Å². The number of carbonyl (C=O) groups is 9. The Hall–Kier alpha value is -4.85. The highest BCUT2D eigenvalue weighted by atomic mass is 16.4. The summed E-state index contributed by atoms with van der Waals surface area (Å²) >= 11 is 0. The second kappa shape index (κ2) is 24.4. The smallest absolute Gasteiger partial charge is 0.326 e. The number of nitrogens with two attached hydrogens (primary N) is 3. The number of amides is 7. The minimum Gasteiger partial charge on any atom is -0.481 e. The van der Waals surface area contributed by atoms with Gasteiger partial charge in [0.15, 0.2) is 0 Å². The summed E-state index contributed by atoms with van der Waals surface area (Å²) in [6, 6.07) is -8.29. The molecule has 0 aliphatic heterocycles. The molecule has 0 bridgehead atoms. The third-order valence-corrected chi connectivity index (χ3v) is 7.93. The standard InChI is InChI=1S/C33H59N9O11/c1-16(2)13-21(39-28(47)19(9-7-8-12-34)37-24(44)15-35)30(49)38-20(10-11-23(36)43)29(48)40-22(14-25(45)46)31(50)41-26(17(3)4)32(51)42-27(18(5)6)33(52)53/h16-22,26-27H,7-15,34-35H2,1-6H3,(H2,36,43)(H,37,44)(H,38,49)(H,39,47)(H,40,48)(H,41,50)(H,42,51)(H,45,46)(H,52,53)/t19-,20-,21-,22-,26-,27-/m0/s1. The maximum absolute atomic E-state index is 13.6. The highest BCUT2D eigenvalue weighted by Crippen LogP contribution is 2.11. The third-order valence-electron chi connectivity index (χ3n) is 7.93. The molecule has 0 aliphatic carbocycles. The van der Waals surface area contributed by atoms with Crippen LogP contribution < -0.4 is 49.1 Å². The number of hydrogen-bond donors (Lipinski definition) is 11. The van der Waals surface area contributed by atoms with Crippen LogP contribution in [0.2, 0.25) is 0 Å². The molecule has 53 heavy (non-hydrogen) atoms. The second-order valence-electron chi connectivity index (χ2n) is 13.8. The zero-order chi connectivity index (χ0) is 41.0. The van der Waals surface area contributed by atoms with Gasteiger partial charge in [0.25, 0.3) is 0 Å². The van der Waals surface area contributed by atoms with Crippen LogP contribution in [0.3, 0.4) is 0 Å². The summed E-state index contributed by atoms with van der Waals surface area (Å²) in [5.74, 6) is -10.2. The van der Waals surface area contributed by atoms with E-state index < -0.39 is 114 Å². The molecule has 6 atom stereocenters. The molecular weight excluding hydrogens is 698 g/mol. The van der Waals surface area contributed by atoms with Crippen molar-refractivity contribution in [2.24, 2.45) is 35.0 Å². The van der Waals surface area contributed by atoms with E-state index in [0.29, 0.717) is 19.4 Å². The highest BCUT2D eigenvalue weighted by Gasteiger charge is 2.35. The Labute approximate surface area is 309 Å². The van der Waals surface area contributed by atoms with Crippen molar-refractivity contribution in [2.45, 2.75) is 123 Å². The average Bonchev–Trinajstić information content (AvgIpc) is 3.05. The van der Waals surface area contributed by atoms with Gasteiger partial charge in [-0.15, -0.1) is 0 Å². The van der Waals surface area contributed by atoms with E-state index in [1.165, 1.54) is 0 Å². The first-order chi connectivity index (χ1) is 24.6. The molecule has 0 aromatic heterocycles. The van der Waals surface area contributed by atoms with Crippen molar-refractivity contribution >= 4 is 53.3 Å². The third kappa shape index (κ3) is 19.0. The minimum absolute atomic E-state index is 0.0737. The lowest BCUT2D eigenvalue weighted by Gasteiger charge is -2.28. The van der Waals surface area contributed by atoms with Crippen molar-refractivity contribution in [1.82, 2.24) is 31.9 Å². The van der Waals surface area contributed by atoms with E-state index in [1.807, 2.05) is 0 Å². The van der Waals surface area contributed by atoms with Gasteiger partial charge in [0, 0.05) is 6.42 Å². The summed E-state index contributed by atoms with van der Waals surface area (Å²) in [5.41, 5.74) is 16.2. The molecule has 7 amide bonds. The van der Waals surface area contributed by atoms with Crippen LogP contribution in [0.4, 0.5) is 0 Å². The Kier molecular flexibility index (Phi) is 22.2. The fourth-order valence-corrected chi connectivity index (χ4v) is 5.02. The lowest BCUT2D eigenvalue weighted by atomic mass is 9.99. The van der Waals surface area contributed by atoms with E-state index in [1.54, 1.807) is 41.5 Å². The van der Waals surface area contributed by atoms with Crippen LogP contribution in [0, 0.1) is 17.8 Å². The number of primary amides is 1. The Morgan fingerprint density at radius 2 is 1.04 bits per heavy atom. The molecule has 0 saturated heterocycles. The van der Waals surface area contributed by atoms with E-state index in [9.17, 15) is 53.4 Å². The second-order valence-corrected chi connectivity index (χ2v) is 13.8. The van der Waals surface area contributed by atoms with Gasteiger partial charge in [0.1, 0.15) is 36.3 Å². The molecule has 0 aliphatic rings. The zero-order valence-corrected chi connectivity index (χ0v) is 31.4. The van der Waals surface area contributed by atoms with Crippen LogP contribution in [0.5, 0.6) is 0 Å². The number of aliphatic carboxylic acids is 2. The van der Waals surface area contributed by atoms with Crippen molar-refractivity contribution < 1.29 is 53.4 Å². The number of carboxylic acids is 2. The average molecular weight is 758 g/mol. The van der Waals surface area contributed by atoms with Crippen LogP contribution in [0.25, 0.3) is 0 Å². The monoisotopic (exact) mass is 757 g/mol. The molecule has 302 valence electrons. The molecule has 0 fully saturated rings. The van der Waals surface area contributed by atoms with Crippen LogP contribution in [-0.2, 0) is 43.2 Å². The molecule has 0 saturated carbocycles. The molecule has 0 aromatic carbocycles. The number of rotatable bonds is 26. The lowest BCUT2D eigenvalue weighted by molar-refractivity contribution is -0.144. The predicted molar refractivity (Wildman–Crippen MR) is 191 cm³/mol. The number of nitrogens with one attached hydrogen (secondary N) is 6. The first-order valence-electron chi connectivity index (χ1n) is 17.6. The molecule has 20 nitrogen and oxygen atoms in total. The van der Waals surface area contributed by atoms with Gasteiger partial charge in [-0.3, -0.25) is 38.4 Å². The van der Waals surface area contributed by atoms with E-state index >= 15 is 0 Å². The molecule has 0 rings (SSSR count). The Morgan fingerprint density at radius 3 is 1.49 bits per heavy atom. The van der Waals surface area contributed by atoms with E-state index in [0.717, 1.165) is 0 Å². The molecule has 0 unspecified atom stereocenters. The number of unbranched alkanes of at least 4 members (excludes halogenated alkanes) is 1. The quantitative estimate of drug-likeness (QED) is 0.0397. The number of carboxylic acid groups (broad SMARTS) is 2. The summed E-state index contributed by atoms with van der Waals surface area (Å²) in [4.78, 5) is 114. The van der Waals surface area contributed by atoms with Gasteiger partial charge < -0.3 is 59.3 Å². The summed E-state index contributed by atoms with van der Waals surface area (Å²) < 4.78 is 0. The van der Waals surface area contributed by atoms with E-state index in [-0.39, 0.29) is 31.7 Å². The van der Waals surface area contributed by atoms with Gasteiger partial charge >= 0.3 is 11.9 Å². The van der Waals surface area contributed by atoms with Gasteiger partial charge in [-0.1, -0.05) is 41.5 Å². The lowest BCUT2D eigenvalue weighted by Crippen LogP contribution is -2.60. The highest BCUT2D eigenvalue weighted by molar-refractivity contribution is 5.98.